The number of halogens is 1. The summed E-state index contributed by atoms with van der Waals surface area (Å²) in [7, 11) is 0. The minimum atomic E-state index is 0.231. The molecule has 3 rings (SSSR count). The van der Waals surface area contributed by atoms with Gasteiger partial charge in [-0.25, -0.2) is 4.98 Å². The molecule has 0 saturated carbocycles. The molecule has 1 fully saturated rings. The molecule has 8 heteroatoms. The number of aromatic nitrogens is 5. The Kier molecular flexibility index (Phi) is 4.49. The highest BCUT2D eigenvalue weighted by atomic mass is 35.5. The van der Waals surface area contributed by atoms with Crippen LogP contribution in [0.4, 0.5) is 11.9 Å². The van der Waals surface area contributed by atoms with Gasteiger partial charge in [0.15, 0.2) is 0 Å². The third-order valence-electron chi connectivity index (χ3n) is 3.47. The van der Waals surface area contributed by atoms with Gasteiger partial charge in [-0.3, -0.25) is 0 Å². The summed E-state index contributed by atoms with van der Waals surface area (Å²) in [6, 6.07) is 0. The summed E-state index contributed by atoms with van der Waals surface area (Å²) in [5.41, 5.74) is 1.07. The number of aromatic amines is 1. The lowest BCUT2D eigenvalue weighted by Gasteiger charge is -2.26. The second kappa shape index (κ2) is 6.71. The molecule has 2 aromatic heterocycles. The second-order valence-corrected chi connectivity index (χ2v) is 5.37. The van der Waals surface area contributed by atoms with Crippen molar-refractivity contribution in [3.63, 3.8) is 0 Å². The summed E-state index contributed by atoms with van der Waals surface area (Å²) >= 11 is 6.00. The van der Waals surface area contributed by atoms with Crippen molar-refractivity contribution in [2.24, 2.45) is 0 Å². The fraction of sp³-hybridized carbons (Fsp3) is 0.538. The molecule has 2 N–H and O–H groups in total. The Bertz CT molecular complexity index is 566. The van der Waals surface area contributed by atoms with Crippen LogP contribution in [0.25, 0.3) is 0 Å². The summed E-state index contributed by atoms with van der Waals surface area (Å²) in [6.07, 6.45) is 7.91. The minimum Gasteiger partial charge on any atom is -0.354 e. The molecule has 0 amide bonds. The Morgan fingerprint density at radius 2 is 2.05 bits per heavy atom. The monoisotopic (exact) mass is 307 g/mol. The van der Waals surface area contributed by atoms with Gasteiger partial charge in [0.2, 0.25) is 17.2 Å². The van der Waals surface area contributed by atoms with E-state index in [1.54, 1.807) is 12.5 Å². The highest BCUT2D eigenvalue weighted by molar-refractivity contribution is 6.28. The van der Waals surface area contributed by atoms with Crippen LogP contribution in [0, 0.1) is 0 Å². The van der Waals surface area contributed by atoms with Crippen LogP contribution < -0.4 is 10.2 Å². The zero-order valence-electron chi connectivity index (χ0n) is 11.7. The molecule has 0 atom stereocenters. The molecular formula is C13H18ClN7. The maximum atomic E-state index is 6.00. The number of nitrogens with one attached hydrogen (secondary N) is 2. The average molecular weight is 308 g/mol. The molecule has 112 valence electrons. The number of hydrogen-bond acceptors (Lipinski definition) is 6. The van der Waals surface area contributed by atoms with Gasteiger partial charge in [0.05, 0.1) is 6.33 Å². The highest BCUT2D eigenvalue weighted by Gasteiger charge is 2.15. The van der Waals surface area contributed by atoms with Crippen molar-refractivity contribution in [1.29, 1.82) is 0 Å². The fourth-order valence-corrected chi connectivity index (χ4v) is 2.54. The molecule has 7 nitrogen and oxygen atoms in total. The molecule has 0 aliphatic carbocycles. The predicted molar refractivity (Wildman–Crippen MR) is 81.7 cm³/mol. The third kappa shape index (κ3) is 3.81. The molecule has 0 aromatic carbocycles. The Morgan fingerprint density at radius 1 is 1.19 bits per heavy atom. The van der Waals surface area contributed by atoms with Crippen LogP contribution >= 0.6 is 11.6 Å². The molecule has 21 heavy (non-hydrogen) atoms. The first-order valence-corrected chi connectivity index (χ1v) is 7.57. The van der Waals surface area contributed by atoms with Crippen molar-refractivity contribution in [2.45, 2.75) is 25.7 Å². The quantitative estimate of drug-likeness (QED) is 0.878. The van der Waals surface area contributed by atoms with Gasteiger partial charge in [0.1, 0.15) is 0 Å². The summed E-state index contributed by atoms with van der Waals surface area (Å²) in [6.45, 7) is 2.67. The zero-order valence-corrected chi connectivity index (χ0v) is 12.5. The van der Waals surface area contributed by atoms with E-state index < -0.39 is 0 Å². The standard InChI is InChI=1S/C13H18ClN7/c14-11-18-12(16-5-4-10-8-15-9-17-10)20-13(19-11)21-6-2-1-3-7-21/h8-9H,1-7H2,(H,15,17)(H,16,18,19,20). The van der Waals surface area contributed by atoms with E-state index in [0.717, 1.165) is 25.2 Å². The van der Waals surface area contributed by atoms with Crippen LogP contribution in [0.3, 0.4) is 0 Å². The van der Waals surface area contributed by atoms with Crippen molar-refractivity contribution in [2.75, 3.05) is 29.9 Å². The number of piperidine rings is 1. The SMILES string of the molecule is Clc1nc(NCCc2cnc[nH]2)nc(N2CCCCC2)n1. The molecule has 1 aliphatic rings. The van der Waals surface area contributed by atoms with Crippen molar-refractivity contribution in [3.05, 3.63) is 23.5 Å². The van der Waals surface area contributed by atoms with Crippen LogP contribution in [0.15, 0.2) is 12.5 Å². The Labute approximate surface area is 128 Å². The number of imidazole rings is 1. The van der Waals surface area contributed by atoms with Crippen molar-refractivity contribution >= 4 is 23.5 Å². The van der Waals surface area contributed by atoms with E-state index in [4.69, 9.17) is 11.6 Å². The van der Waals surface area contributed by atoms with Crippen LogP contribution in [0.2, 0.25) is 5.28 Å². The van der Waals surface area contributed by atoms with Gasteiger partial charge in [-0.05, 0) is 30.9 Å². The maximum Gasteiger partial charge on any atom is 0.231 e. The van der Waals surface area contributed by atoms with Crippen LogP contribution in [0.5, 0.6) is 0 Å². The number of nitrogens with zero attached hydrogens (tertiary/aromatic N) is 5. The van der Waals surface area contributed by atoms with Gasteiger partial charge in [0.25, 0.3) is 0 Å². The molecular weight excluding hydrogens is 290 g/mol. The molecule has 0 spiro atoms. The number of H-pyrrole nitrogens is 1. The van der Waals surface area contributed by atoms with Gasteiger partial charge in [-0.1, -0.05) is 0 Å². The molecule has 0 unspecified atom stereocenters. The normalized spacial score (nSPS) is 15.2. The fourth-order valence-electron chi connectivity index (χ4n) is 2.38. The average Bonchev–Trinajstić information content (AvgIpc) is 3.01. The van der Waals surface area contributed by atoms with Gasteiger partial charge in [0, 0.05) is 37.9 Å². The van der Waals surface area contributed by atoms with E-state index in [2.05, 4.69) is 35.1 Å². The minimum absolute atomic E-state index is 0.231. The van der Waals surface area contributed by atoms with Crippen LogP contribution in [-0.4, -0.2) is 44.6 Å². The van der Waals surface area contributed by atoms with Gasteiger partial charge in [-0.2, -0.15) is 15.0 Å². The van der Waals surface area contributed by atoms with Crippen LogP contribution in [0.1, 0.15) is 25.0 Å². The molecule has 3 heterocycles. The number of rotatable bonds is 5. The smallest absolute Gasteiger partial charge is 0.231 e. The van der Waals surface area contributed by atoms with E-state index in [0.29, 0.717) is 18.4 Å². The van der Waals surface area contributed by atoms with E-state index in [1.165, 1.54) is 19.3 Å². The van der Waals surface area contributed by atoms with Crippen molar-refractivity contribution < 1.29 is 0 Å². The Morgan fingerprint density at radius 3 is 2.81 bits per heavy atom. The van der Waals surface area contributed by atoms with E-state index in [1.807, 2.05) is 0 Å². The summed E-state index contributed by atoms with van der Waals surface area (Å²) in [5, 5.41) is 3.41. The lowest BCUT2D eigenvalue weighted by atomic mass is 10.1. The topological polar surface area (TPSA) is 82.6 Å². The van der Waals surface area contributed by atoms with Gasteiger partial charge in [-0.15, -0.1) is 0 Å². The van der Waals surface area contributed by atoms with E-state index >= 15 is 0 Å². The first-order valence-electron chi connectivity index (χ1n) is 7.19. The van der Waals surface area contributed by atoms with Crippen LogP contribution in [-0.2, 0) is 6.42 Å². The molecule has 0 bridgehead atoms. The molecule has 2 aromatic rings. The maximum absolute atomic E-state index is 6.00. The van der Waals surface area contributed by atoms with Crippen molar-refractivity contribution in [3.8, 4) is 0 Å². The zero-order chi connectivity index (χ0) is 14.5. The largest absolute Gasteiger partial charge is 0.354 e. The first kappa shape index (κ1) is 14.1. The number of anilines is 2. The second-order valence-electron chi connectivity index (χ2n) is 5.03. The van der Waals surface area contributed by atoms with E-state index in [9.17, 15) is 0 Å². The Hall–Kier alpha value is -1.89. The highest BCUT2D eigenvalue weighted by Crippen LogP contribution is 2.18. The lowest BCUT2D eigenvalue weighted by Crippen LogP contribution is -2.31. The number of hydrogen-bond donors (Lipinski definition) is 2. The first-order chi connectivity index (χ1) is 10.3. The third-order valence-corrected chi connectivity index (χ3v) is 3.64. The molecule has 0 radical (unpaired) electrons. The predicted octanol–water partition coefficient (Wildman–Crippen LogP) is 1.89. The van der Waals surface area contributed by atoms with E-state index in [-0.39, 0.29) is 5.28 Å². The summed E-state index contributed by atoms with van der Waals surface area (Å²) in [5.74, 6) is 1.19. The molecule has 1 aliphatic heterocycles. The summed E-state index contributed by atoms with van der Waals surface area (Å²) in [4.78, 5) is 22.0. The van der Waals surface area contributed by atoms with Gasteiger partial charge >= 0.3 is 0 Å². The summed E-state index contributed by atoms with van der Waals surface area (Å²) < 4.78 is 0. The van der Waals surface area contributed by atoms with Crippen molar-refractivity contribution in [1.82, 2.24) is 24.9 Å². The lowest BCUT2D eigenvalue weighted by molar-refractivity contribution is 0.567. The molecule has 1 saturated heterocycles. The Balaban J connectivity index is 1.63. The van der Waals surface area contributed by atoms with Gasteiger partial charge < -0.3 is 15.2 Å².